The van der Waals surface area contributed by atoms with Crippen molar-refractivity contribution >= 4 is 16.0 Å². The minimum absolute atomic E-state index is 0.0741. The SMILES string of the molecule is COC(=O)c1ccc(C)c(S(=O)(=O)NCC(c2ccco2)N2CCCC2)c1. The van der Waals surface area contributed by atoms with Gasteiger partial charge >= 0.3 is 5.97 Å². The Labute approximate surface area is 159 Å². The van der Waals surface area contributed by atoms with Crippen molar-refractivity contribution in [1.29, 1.82) is 0 Å². The molecule has 1 unspecified atom stereocenters. The minimum Gasteiger partial charge on any atom is -0.468 e. The molecule has 2 aromatic rings. The molecule has 7 nitrogen and oxygen atoms in total. The molecule has 146 valence electrons. The molecule has 1 saturated heterocycles. The summed E-state index contributed by atoms with van der Waals surface area (Å²) < 4.78 is 38.7. The van der Waals surface area contributed by atoms with Gasteiger partial charge < -0.3 is 9.15 Å². The molecule has 1 aliphatic rings. The van der Waals surface area contributed by atoms with Crippen LogP contribution in [0.5, 0.6) is 0 Å². The summed E-state index contributed by atoms with van der Waals surface area (Å²) in [6.45, 7) is 3.70. The summed E-state index contributed by atoms with van der Waals surface area (Å²) in [5.74, 6) is 0.164. The maximum absolute atomic E-state index is 12.9. The molecule has 1 N–H and O–H groups in total. The molecule has 0 saturated carbocycles. The number of likely N-dealkylation sites (tertiary alicyclic amines) is 1. The van der Waals surface area contributed by atoms with E-state index in [9.17, 15) is 13.2 Å². The Kier molecular flexibility index (Phi) is 5.98. The number of furan rings is 1. The third-order valence-electron chi connectivity index (χ3n) is 4.82. The average Bonchev–Trinajstić information content (AvgIpc) is 3.36. The predicted molar refractivity (Wildman–Crippen MR) is 100.0 cm³/mol. The number of hydrogen-bond donors (Lipinski definition) is 1. The van der Waals surface area contributed by atoms with Gasteiger partial charge in [-0.2, -0.15) is 0 Å². The molecule has 8 heteroatoms. The van der Waals surface area contributed by atoms with E-state index >= 15 is 0 Å². The molecule has 0 amide bonds. The summed E-state index contributed by atoms with van der Waals surface area (Å²) in [6.07, 6.45) is 3.77. The Balaban J connectivity index is 1.82. The number of benzene rings is 1. The van der Waals surface area contributed by atoms with Gasteiger partial charge in [0.15, 0.2) is 0 Å². The molecule has 3 rings (SSSR count). The molecule has 1 aliphatic heterocycles. The van der Waals surface area contributed by atoms with Gasteiger partial charge in [0, 0.05) is 6.54 Å². The number of rotatable bonds is 7. The highest BCUT2D eigenvalue weighted by Gasteiger charge is 2.28. The number of methoxy groups -OCH3 is 1. The summed E-state index contributed by atoms with van der Waals surface area (Å²) in [5.41, 5.74) is 0.761. The number of esters is 1. The van der Waals surface area contributed by atoms with E-state index < -0.39 is 16.0 Å². The van der Waals surface area contributed by atoms with Crippen molar-refractivity contribution in [1.82, 2.24) is 9.62 Å². The van der Waals surface area contributed by atoms with E-state index in [1.807, 2.05) is 6.07 Å². The van der Waals surface area contributed by atoms with Gasteiger partial charge in [-0.1, -0.05) is 6.07 Å². The lowest BCUT2D eigenvalue weighted by Gasteiger charge is -2.26. The van der Waals surface area contributed by atoms with Crippen molar-refractivity contribution in [3.63, 3.8) is 0 Å². The van der Waals surface area contributed by atoms with Gasteiger partial charge in [0.2, 0.25) is 10.0 Å². The fourth-order valence-electron chi connectivity index (χ4n) is 3.34. The molecule has 1 atom stereocenters. The van der Waals surface area contributed by atoms with Crippen LogP contribution in [0, 0.1) is 6.92 Å². The largest absolute Gasteiger partial charge is 0.468 e. The Morgan fingerprint density at radius 3 is 2.67 bits per heavy atom. The van der Waals surface area contributed by atoms with Crippen molar-refractivity contribution in [2.75, 3.05) is 26.7 Å². The van der Waals surface area contributed by atoms with Gasteiger partial charge in [0.25, 0.3) is 0 Å². The van der Waals surface area contributed by atoms with Crippen molar-refractivity contribution in [2.45, 2.75) is 30.7 Å². The van der Waals surface area contributed by atoms with E-state index in [0.717, 1.165) is 31.7 Å². The Hall–Kier alpha value is -2.16. The highest BCUT2D eigenvalue weighted by molar-refractivity contribution is 7.89. The number of carbonyl (C=O) groups is 1. The van der Waals surface area contributed by atoms with Crippen LogP contribution in [0.1, 0.15) is 40.6 Å². The number of hydrogen-bond acceptors (Lipinski definition) is 6. The summed E-state index contributed by atoms with van der Waals surface area (Å²) in [6, 6.07) is 8.00. The van der Waals surface area contributed by atoms with Gasteiger partial charge in [-0.3, -0.25) is 4.90 Å². The average molecular weight is 392 g/mol. The Morgan fingerprint density at radius 1 is 1.30 bits per heavy atom. The van der Waals surface area contributed by atoms with Crippen LogP contribution < -0.4 is 4.72 Å². The Bertz CT molecular complexity index is 887. The van der Waals surface area contributed by atoms with Crippen molar-refractivity contribution < 1.29 is 22.4 Å². The van der Waals surface area contributed by atoms with E-state index in [1.165, 1.54) is 13.2 Å². The van der Waals surface area contributed by atoms with Crippen LogP contribution in [0.25, 0.3) is 0 Å². The highest BCUT2D eigenvalue weighted by atomic mass is 32.2. The number of ether oxygens (including phenoxy) is 1. The molecule has 0 aliphatic carbocycles. The first-order valence-electron chi connectivity index (χ1n) is 8.88. The molecule has 2 heterocycles. The molecule has 1 aromatic carbocycles. The van der Waals surface area contributed by atoms with Crippen LogP contribution >= 0.6 is 0 Å². The standard InChI is InChI=1S/C19H24N2O5S/c1-14-7-8-15(19(22)25-2)12-18(14)27(23,24)20-13-16(17-6-5-11-26-17)21-9-3-4-10-21/h5-8,11-12,16,20H,3-4,9-10,13H2,1-2H3. The first-order chi connectivity index (χ1) is 12.9. The van der Waals surface area contributed by atoms with E-state index in [2.05, 4.69) is 14.4 Å². The van der Waals surface area contributed by atoms with E-state index in [1.54, 1.807) is 31.4 Å². The van der Waals surface area contributed by atoms with Gasteiger partial charge in [0.05, 0.1) is 29.9 Å². The van der Waals surface area contributed by atoms with Gasteiger partial charge in [-0.25, -0.2) is 17.9 Å². The van der Waals surface area contributed by atoms with Crippen molar-refractivity contribution in [3.05, 3.63) is 53.5 Å². The zero-order valence-electron chi connectivity index (χ0n) is 15.5. The molecular formula is C19H24N2O5S. The molecule has 0 radical (unpaired) electrons. The lowest BCUT2D eigenvalue weighted by molar-refractivity contribution is 0.0600. The summed E-state index contributed by atoms with van der Waals surface area (Å²) in [5, 5.41) is 0. The van der Waals surface area contributed by atoms with Crippen LogP contribution in [0.4, 0.5) is 0 Å². The zero-order chi connectivity index (χ0) is 19.4. The Morgan fingerprint density at radius 2 is 2.04 bits per heavy atom. The van der Waals surface area contributed by atoms with Crippen LogP contribution in [-0.4, -0.2) is 46.0 Å². The number of nitrogens with zero attached hydrogens (tertiary/aromatic N) is 1. The second-order valence-corrected chi connectivity index (χ2v) is 8.33. The monoisotopic (exact) mass is 392 g/mol. The quantitative estimate of drug-likeness (QED) is 0.729. The summed E-state index contributed by atoms with van der Waals surface area (Å²) >= 11 is 0. The minimum atomic E-state index is -3.80. The predicted octanol–water partition coefficient (Wildman–Crippen LogP) is 2.49. The number of carbonyl (C=O) groups excluding carboxylic acids is 1. The van der Waals surface area contributed by atoms with Crippen LogP contribution in [0.2, 0.25) is 0 Å². The van der Waals surface area contributed by atoms with E-state index in [0.29, 0.717) is 5.56 Å². The fraction of sp³-hybridized carbons (Fsp3) is 0.421. The highest BCUT2D eigenvalue weighted by Crippen LogP contribution is 2.26. The molecule has 1 fully saturated rings. The number of aryl methyl sites for hydroxylation is 1. The van der Waals surface area contributed by atoms with Gasteiger partial charge in [-0.15, -0.1) is 0 Å². The molecule has 27 heavy (non-hydrogen) atoms. The topological polar surface area (TPSA) is 88.8 Å². The first kappa shape index (κ1) is 19.6. The zero-order valence-corrected chi connectivity index (χ0v) is 16.3. The third-order valence-corrected chi connectivity index (χ3v) is 6.38. The van der Waals surface area contributed by atoms with E-state index in [4.69, 9.17) is 4.42 Å². The second kappa shape index (κ2) is 8.24. The summed E-state index contributed by atoms with van der Waals surface area (Å²) in [7, 11) is -2.53. The maximum Gasteiger partial charge on any atom is 0.337 e. The van der Waals surface area contributed by atoms with Gasteiger partial charge in [-0.05, 0) is 62.7 Å². The fourth-order valence-corrected chi connectivity index (χ4v) is 4.65. The lowest BCUT2D eigenvalue weighted by atomic mass is 10.1. The first-order valence-corrected chi connectivity index (χ1v) is 10.4. The number of nitrogens with one attached hydrogen (secondary N) is 1. The maximum atomic E-state index is 12.9. The number of sulfonamides is 1. The molecule has 0 spiro atoms. The normalized spacial score (nSPS) is 16.4. The van der Waals surface area contributed by atoms with Crippen LogP contribution in [-0.2, 0) is 14.8 Å². The molecule has 1 aromatic heterocycles. The molecule has 0 bridgehead atoms. The van der Waals surface area contributed by atoms with Gasteiger partial charge in [0.1, 0.15) is 5.76 Å². The summed E-state index contributed by atoms with van der Waals surface area (Å²) in [4.78, 5) is 14.0. The lowest BCUT2D eigenvalue weighted by Crippen LogP contribution is -2.36. The van der Waals surface area contributed by atoms with Crippen molar-refractivity contribution in [3.8, 4) is 0 Å². The van der Waals surface area contributed by atoms with E-state index in [-0.39, 0.29) is 23.0 Å². The second-order valence-electron chi connectivity index (χ2n) is 6.60. The van der Waals surface area contributed by atoms with Crippen molar-refractivity contribution in [2.24, 2.45) is 0 Å². The van der Waals surface area contributed by atoms with Crippen LogP contribution in [0.3, 0.4) is 0 Å². The van der Waals surface area contributed by atoms with Crippen LogP contribution in [0.15, 0.2) is 45.9 Å². The third kappa shape index (κ3) is 4.40. The molecular weight excluding hydrogens is 368 g/mol. The smallest absolute Gasteiger partial charge is 0.337 e.